The van der Waals surface area contributed by atoms with E-state index in [-0.39, 0.29) is 66.6 Å². The molecule has 4 aromatic rings. The summed E-state index contributed by atoms with van der Waals surface area (Å²) in [5, 5.41) is 22.9. The quantitative estimate of drug-likeness (QED) is 0.256. The van der Waals surface area contributed by atoms with Crippen LogP contribution in [0.4, 0.5) is 0 Å². The minimum absolute atomic E-state index is 0. The Labute approximate surface area is 282 Å². The second kappa shape index (κ2) is 17.2. The average molecular weight is 642 g/mol. The van der Waals surface area contributed by atoms with Crippen LogP contribution >= 0.6 is 23.2 Å². The zero-order valence-electron chi connectivity index (χ0n) is 23.2. The van der Waals surface area contributed by atoms with E-state index in [0.29, 0.717) is 45.4 Å². The molecule has 0 radical (unpaired) electrons. The van der Waals surface area contributed by atoms with Crippen molar-refractivity contribution in [1.29, 1.82) is 0 Å². The van der Waals surface area contributed by atoms with E-state index in [1.165, 1.54) is 14.2 Å². The van der Waals surface area contributed by atoms with Crippen molar-refractivity contribution in [1.82, 2.24) is 19.9 Å². The molecule has 0 spiro atoms. The van der Waals surface area contributed by atoms with Gasteiger partial charge in [0.25, 0.3) is 0 Å². The number of rotatable bonds is 8. The van der Waals surface area contributed by atoms with E-state index in [9.17, 15) is 19.8 Å². The van der Waals surface area contributed by atoms with Crippen molar-refractivity contribution in [2.45, 2.75) is 26.7 Å². The summed E-state index contributed by atoms with van der Waals surface area (Å²) in [6.07, 6.45) is 0.921. The van der Waals surface area contributed by atoms with Gasteiger partial charge >= 0.3 is 37.7 Å². The first kappa shape index (κ1) is 37.0. The molecule has 0 atom stereocenters. The Bertz CT molecular complexity index is 1440. The van der Waals surface area contributed by atoms with Crippen LogP contribution in [-0.2, 0) is 12.8 Å². The van der Waals surface area contributed by atoms with Crippen molar-refractivity contribution in [2.24, 2.45) is 0 Å². The van der Waals surface area contributed by atoms with E-state index in [4.69, 9.17) is 32.7 Å². The number of nitrogens with zero attached hydrogens (tertiary/aromatic N) is 4. The third-order valence-electron chi connectivity index (χ3n) is 5.75. The van der Waals surface area contributed by atoms with Crippen LogP contribution in [0.1, 0.15) is 54.9 Å². The summed E-state index contributed by atoms with van der Waals surface area (Å²) < 4.78 is 10.3. The molecule has 0 aliphatic carbocycles. The minimum Gasteiger partial charge on any atom is -0.541 e. The Kier molecular flexibility index (Phi) is 15.1. The molecule has 2 aromatic heterocycles. The molecule has 0 unspecified atom stereocenters. The van der Waals surface area contributed by atoms with Crippen molar-refractivity contribution in [2.75, 3.05) is 14.2 Å². The number of carbonyl (C=O) groups excluding carboxylic acids is 2. The van der Waals surface area contributed by atoms with E-state index < -0.39 is 11.9 Å². The van der Waals surface area contributed by atoms with Crippen molar-refractivity contribution in [3.8, 4) is 11.8 Å². The molecule has 0 aliphatic rings. The van der Waals surface area contributed by atoms with Crippen molar-refractivity contribution in [3.05, 3.63) is 104 Å². The van der Waals surface area contributed by atoms with Gasteiger partial charge in [0.05, 0.1) is 14.2 Å². The number of carboxylic acid groups (broad SMARTS) is 2. The van der Waals surface area contributed by atoms with Crippen LogP contribution in [0.5, 0.6) is 11.8 Å². The van der Waals surface area contributed by atoms with E-state index in [1.54, 1.807) is 26.0 Å². The first-order valence-corrected chi connectivity index (χ1v) is 12.5. The molecule has 4 rings (SSSR count). The van der Waals surface area contributed by atoms with Gasteiger partial charge in [-0.2, -0.15) is 9.97 Å². The number of aromatic carboxylic acids is 2. The Hall–Kier alpha value is -3.06. The summed E-state index contributed by atoms with van der Waals surface area (Å²) in [6, 6.07) is 14.8. The Morgan fingerprint density at radius 1 is 0.690 bits per heavy atom. The van der Waals surface area contributed by atoms with Gasteiger partial charge in [-0.25, -0.2) is 9.97 Å². The maximum Gasteiger partial charge on any atom is 2.00 e. The summed E-state index contributed by atoms with van der Waals surface area (Å²) in [4.78, 5) is 37.2. The molecule has 14 heteroatoms. The maximum absolute atomic E-state index is 10.8. The van der Waals surface area contributed by atoms with Crippen molar-refractivity contribution in [3.63, 3.8) is 0 Å². The largest absolute Gasteiger partial charge is 2.00 e. The number of hydrogen-bond acceptors (Lipinski definition) is 10. The van der Waals surface area contributed by atoms with Crippen LogP contribution in [0.2, 0.25) is 10.0 Å². The Morgan fingerprint density at radius 3 is 1.31 bits per heavy atom. The summed E-state index contributed by atoms with van der Waals surface area (Å²) >= 11 is 12.2. The monoisotopic (exact) mass is 640 g/mol. The number of methoxy groups -OCH3 is 2. The number of aryl methyl sites for hydroxylation is 2. The molecule has 216 valence electrons. The standard InChI is InChI=1S/2C14H13ClN2O3.Ca.H2O/c2*1-8-10(7-9-5-3-4-6-11(9)15)13(20-2)17-12(16-8)14(18)19;;/h2*3-6H,7H2,1-2H3,(H,18,19);;1H2/q;;+2;/p-2. The van der Waals surface area contributed by atoms with E-state index in [1.807, 2.05) is 36.4 Å². The van der Waals surface area contributed by atoms with Crippen LogP contribution in [0.25, 0.3) is 0 Å². The summed E-state index contributed by atoms with van der Waals surface area (Å²) in [5.74, 6) is -3.20. The Balaban J connectivity index is 0.000000401. The molecule has 2 aromatic carbocycles. The smallest absolute Gasteiger partial charge is 0.541 e. The molecule has 11 nitrogen and oxygen atoms in total. The number of benzene rings is 2. The summed E-state index contributed by atoms with van der Waals surface area (Å²) in [6.45, 7) is 3.39. The fourth-order valence-electron chi connectivity index (χ4n) is 3.73. The molecular formula is C28H26CaCl2N4O7. The molecule has 0 aliphatic heterocycles. The van der Waals surface area contributed by atoms with Gasteiger partial charge in [0.1, 0.15) is 11.9 Å². The third-order valence-corrected chi connectivity index (χ3v) is 6.49. The second-order valence-corrected chi connectivity index (χ2v) is 9.17. The third kappa shape index (κ3) is 9.48. The number of halogens is 2. The first-order chi connectivity index (χ1) is 19.0. The van der Waals surface area contributed by atoms with E-state index in [2.05, 4.69) is 19.9 Å². The summed E-state index contributed by atoms with van der Waals surface area (Å²) in [7, 11) is 2.86. The molecule has 0 saturated carbocycles. The molecule has 2 N–H and O–H groups in total. The first-order valence-electron chi connectivity index (χ1n) is 11.8. The van der Waals surface area contributed by atoms with E-state index in [0.717, 1.165) is 11.1 Å². The summed E-state index contributed by atoms with van der Waals surface area (Å²) in [5.41, 5.74) is 4.23. The fourth-order valence-corrected chi connectivity index (χ4v) is 4.14. The van der Waals surface area contributed by atoms with Crippen LogP contribution < -0.4 is 19.7 Å². The number of carbonyl (C=O) groups is 2. The molecule has 0 saturated heterocycles. The van der Waals surface area contributed by atoms with Crippen LogP contribution in [0.15, 0.2) is 48.5 Å². The number of hydrogen-bond donors (Lipinski definition) is 0. The van der Waals surface area contributed by atoms with Gasteiger partial charge in [0.2, 0.25) is 11.8 Å². The molecule has 42 heavy (non-hydrogen) atoms. The Morgan fingerprint density at radius 2 is 1.02 bits per heavy atom. The van der Waals surface area contributed by atoms with Crippen LogP contribution in [0.3, 0.4) is 0 Å². The molecule has 0 bridgehead atoms. The normalized spacial score (nSPS) is 9.86. The maximum atomic E-state index is 10.8. The van der Waals surface area contributed by atoms with Gasteiger partial charge < -0.3 is 34.8 Å². The molecular weight excluding hydrogens is 615 g/mol. The molecule has 2 heterocycles. The van der Waals surface area contributed by atoms with Gasteiger partial charge in [0, 0.05) is 45.4 Å². The second-order valence-electron chi connectivity index (χ2n) is 8.35. The predicted molar refractivity (Wildman–Crippen MR) is 153 cm³/mol. The van der Waals surface area contributed by atoms with Gasteiger partial charge in [0.15, 0.2) is 11.6 Å². The number of carboxylic acids is 2. The minimum atomic E-state index is -1.43. The van der Waals surface area contributed by atoms with Crippen molar-refractivity contribution >= 4 is 72.9 Å². The molecule has 0 fully saturated rings. The SMILES string of the molecule is COc1nc(C(=O)[O-])nc(C)c1Cc1ccccc1Cl.COc1nc(C(=O)[O-])nc(C)c1Cc1ccccc1Cl.O.[Ca+2]. The topological polar surface area (TPSA) is 182 Å². The zero-order valence-corrected chi connectivity index (χ0v) is 27.0. The van der Waals surface area contributed by atoms with Crippen molar-refractivity contribution < 1.29 is 34.8 Å². The van der Waals surface area contributed by atoms with Gasteiger partial charge in [-0.05, 0) is 37.1 Å². The van der Waals surface area contributed by atoms with Gasteiger partial charge in [-0.15, -0.1) is 0 Å². The predicted octanol–water partition coefficient (Wildman–Crippen LogP) is 1.60. The van der Waals surface area contributed by atoms with Gasteiger partial charge in [-0.1, -0.05) is 59.6 Å². The zero-order chi connectivity index (χ0) is 29.4. The van der Waals surface area contributed by atoms with Crippen LogP contribution in [0, 0.1) is 13.8 Å². The fraction of sp³-hybridized carbons (Fsp3) is 0.214. The van der Waals surface area contributed by atoms with Crippen LogP contribution in [-0.4, -0.2) is 89.3 Å². The van der Waals surface area contributed by atoms with Gasteiger partial charge in [-0.3, -0.25) is 0 Å². The number of ether oxygens (including phenoxy) is 2. The van der Waals surface area contributed by atoms with E-state index >= 15 is 0 Å². The number of aromatic nitrogens is 4. The molecule has 0 amide bonds. The average Bonchev–Trinajstić information content (AvgIpc) is 2.92.